The van der Waals surface area contributed by atoms with Crippen LogP contribution < -0.4 is 0 Å². The first kappa shape index (κ1) is 18.5. The zero-order valence-corrected chi connectivity index (χ0v) is 14.8. The molecule has 130 valence electrons. The molecular weight excluding hydrogens is 316 g/mol. The molecule has 5 heteroatoms. The first-order valence-electron chi connectivity index (χ1n) is 8.10. The third-order valence-electron chi connectivity index (χ3n) is 3.85. The lowest BCUT2D eigenvalue weighted by molar-refractivity contribution is 0.0597. The topological polar surface area (TPSA) is 62.4 Å². The summed E-state index contributed by atoms with van der Waals surface area (Å²) in [5.74, 6) is 5.61. The minimum absolute atomic E-state index is 0.214. The maximum Gasteiger partial charge on any atom is 0.340 e. The van der Waals surface area contributed by atoms with E-state index in [1.807, 2.05) is 32.2 Å². The normalized spacial score (nSPS) is 10.2. The van der Waals surface area contributed by atoms with Gasteiger partial charge in [-0.25, -0.2) is 4.79 Å². The number of aldehydes is 1. The van der Waals surface area contributed by atoms with Crippen molar-refractivity contribution in [3.63, 3.8) is 0 Å². The molecule has 1 heterocycles. The van der Waals surface area contributed by atoms with Gasteiger partial charge < -0.3 is 9.72 Å². The van der Waals surface area contributed by atoms with Crippen molar-refractivity contribution in [3.8, 4) is 11.8 Å². The van der Waals surface area contributed by atoms with Crippen LogP contribution in [-0.4, -0.2) is 42.8 Å². The molecule has 1 N–H and O–H groups in total. The van der Waals surface area contributed by atoms with Crippen LogP contribution in [0, 0.1) is 11.8 Å². The number of rotatable bonds is 6. The van der Waals surface area contributed by atoms with Crippen molar-refractivity contribution in [2.75, 3.05) is 20.7 Å². The fraction of sp³-hybridized carbons (Fsp3) is 0.300. The second-order valence-electron chi connectivity index (χ2n) is 5.69. The lowest BCUT2D eigenvalue weighted by atomic mass is 10.1. The molecule has 1 aromatic carbocycles. The second kappa shape index (κ2) is 8.86. The van der Waals surface area contributed by atoms with Crippen molar-refractivity contribution < 1.29 is 14.3 Å². The number of aromatic amines is 1. The minimum atomic E-state index is -0.524. The molecular formula is C20H22N2O3. The number of hydrogen-bond acceptors (Lipinski definition) is 4. The van der Waals surface area contributed by atoms with Crippen LogP contribution in [0.15, 0.2) is 30.3 Å². The molecule has 0 fully saturated rings. The van der Waals surface area contributed by atoms with Crippen molar-refractivity contribution >= 4 is 12.3 Å². The van der Waals surface area contributed by atoms with Gasteiger partial charge in [0.2, 0.25) is 0 Å². The van der Waals surface area contributed by atoms with Crippen LogP contribution in [0.1, 0.15) is 44.6 Å². The van der Waals surface area contributed by atoms with Crippen molar-refractivity contribution in [1.29, 1.82) is 0 Å². The van der Waals surface area contributed by atoms with E-state index in [9.17, 15) is 9.59 Å². The van der Waals surface area contributed by atoms with Crippen LogP contribution in [-0.2, 0) is 17.7 Å². The van der Waals surface area contributed by atoms with Crippen molar-refractivity contribution in [3.05, 3.63) is 58.4 Å². The van der Waals surface area contributed by atoms with Crippen LogP contribution in [0.5, 0.6) is 0 Å². The Bertz CT molecular complexity index is 798. The standard InChI is InChI=1S/C20H22N2O3/c1-4-16-17(21-18(14-23)19(16)20(24)25-3)11-8-12-22(2)13-15-9-6-5-7-10-15/h5-7,9-10,14,21H,4,12-13H2,1-3H3. The van der Waals surface area contributed by atoms with Crippen LogP contribution in [0.2, 0.25) is 0 Å². The predicted molar refractivity (Wildman–Crippen MR) is 96.6 cm³/mol. The van der Waals surface area contributed by atoms with E-state index < -0.39 is 5.97 Å². The molecule has 2 rings (SSSR count). The number of ether oxygens (including phenoxy) is 1. The van der Waals surface area contributed by atoms with Gasteiger partial charge in [0.1, 0.15) is 0 Å². The second-order valence-corrected chi connectivity index (χ2v) is 5.69. The minimum Gasteiger partial charge on any atom is -0.465 e. The van der Waals surface area contributed by atoms with Gasteiger partial charge in [-0.2, -0.15) is 0 Å². The summed E-state index contributed by atoms with van der Waals surface area (Å²) in [4.78, 5) is 28.2. The van der Waals surface area contributed by atoms with Crippen LogP contribution in [0.3, 0.4) is 0 Å². The van der Waals surface area contributed by atoms with Crippen LogP contribution in [0.4, 0.5) is 0 Å². The highest BCUT2D eigenvalue weighted by molar-refractivity contribution is 5.99. The van der Waals surface area contributed by atoms with Gasteiger partial charge in [-0.15, -0.1) is 0 Å². The van der Waals surface area contributed by atoms with E-state index in [0.717, 1.165) is 6.54 Å². The molecule has 1 aromatic heterocycles. The molecule has 0 aliphatic heterocycles. The molecule has 2 aromatic rings. The number of nitrogens with one attached hydrogen (secondary N) is 1. The Kier molecular flexibility index (Phi) is 6.55. The molecule has 5 nitrogen and oxygen atoms in total. The highest BCUT2D eigenvalue weighted by Gasteiger charge is 2.21. The van der Waals surface area contributed by atoms with Gasteiger partial charge in [-0.3, -0.25) is 9.69 Å². The SMILES string of the molecule is CCc1c(C#CCN(C)Cc2ccccc2)[nH]c(C=O)c1C(=O)OC. The number of benzene rings is 1. The van der Waals surface area contributed by atoms with Crippen LogP contribution in [0.25, 0.3) is 0 Å². The molecule has 0 saturated heterocycles. The quantitative estimate of drug-likeness (QED) is 0.500. The average molecular weight is 338 g/mol. The first-order valence-corrected chi connectivity index (χ1v) is 8.10. The number of carbonyl (C=O) groups excluding carboxylic acids is 2. The van der Waals surface area contributed by atoms with E-state index in [1.54, 1.807) is 0 Å². The largest absolute Gasteiger partial charge is 0.465 e. The van der Waals surface area contributed by atoms with E-state index in [0.29, 0.717) is 30.5 Å². The lowest BCUT2D eigenvalue weighted by Gasteiger charge is -2.12. The zero-order chi connectivity index (χ0) is 18.2. The molecule has 0 amide bonds. The summed E-state index contributed by atoms with van der Waals surface area (Å²) < 4.78 is 4.77. The Balaban J connectivity index is 2.15. The van der Waals surface area contributed by atoms with Gasteiger partial charge in [-0.1, -0.05) is 43.2 Å². The first-order chi connectivity index (χ1) is 12.1. The number of methoxy groups -OCH3 is 1. The Morgan fingerprint density at radius 2 is 2.04 bits per heavy atom. The van der Waals surface area contributed by atoms with E-state index in [2.05, 4.69) is 33.9 Å². The molecule has 0 atom stereocenters. The molecule has 0 spiro atoms. The van der Waals surface area contributed by atoms with Gasteiger partial charge in [0, 0.05) is 12.1 Å². The van der Waals surface area contributed by atoms with Crippen LogP contribution >= 0.6 is 0 Å². The fourth-order valence-electron chi connectivity index (χ4n) is 2.66. The summed E-state index contributed by atoms with van der Waals surface area (Å²) in [7, 11) is 3.29. The van der Waals surface area contributed by atoms with E-state index in [4.69, 9.17) is 4.74 Å². The smallest absolute Gasteiger partial charge is 0.340 e. The van der Waals surface area contributed by atoms with E-state index in [-0.39, 0.29) is 11.3 Å². The van der Waals surface area contributed by atoms with Gasteiger partial charge in [0.25, 0.3) is 0 Å². The Morgan fingerprint density at radius 1 is 1.32 bits per heavy atom. The van der Waals surface area contributed by atoms with E-state index in [1.165, 1.54) is 12.7 Å². The summed E-state index contributed by atoms with van der Waals surface area (Å²) in [6, 6.07) is 10.2. The predicted octanol–water partition coefficient (Wildman–Crippen LogP) is 2.66. The van der Waals surface area contributed by atoms with Gasteiger partial charge in [-0.05, 0) is 25.0 Å². The third-order valence-corrected chi connectivity index (χ3v) is 3.85. The summed E-state index contributed by atoms with van der Waals surface area (Å²) in [6.07, 6.45) is 1.21. The highest BCUT2D eigenvalue weighted by atomic mass is 16.5. The molecule has 0 unspecified atom stereocenters. The Labute approximate surface area is 148 Å². The molecule has 25 heavy (non-hydrogen) atoms. The van der Waals surface area contributed by atoms with Gasteiger partial charge in [0.05, 0.1) is 30.6 Å². The third kappa shape index (κ3) is 4.59. The van der Waals surface area contributed by atoms with Gasteiger partial charge >= 0.3 is 5.97 Å². The number of H-pyrrole nitrogens is 1. The molecule has 0 radical (unpaired) electrons. The summed E-state index contributed by atoms with van der Waals surface area (Å²) >= 11 is 0. The lowest BCUT2D eigenvalue weighted by Crippen LogP contribution is -2.17. The zero-order valence-electron chi connectivity index (χ0n) is 14.8. The van der Waals surface area contributed by atoms with E-state index >= 15 is 0 Å². The maximum absolute atomic E-state index is 11.9. The Hall–Kier alpha value is -2.84. The van der Waals surface area contributed by atoms with Crippen molar-refractivity contribution in [2.24, 2.45) is 0 Å². The van der Waals surface area contributed by atoms with Gasteiger partial charge in [0.15, 0.2) is 6.29 Å². The highest BCUT2D eigenvalue weighted by Crippen LogP contribution is 2.19. The monoisotopic (exact) mass is 338 g/mol. The maximum atomic E-state index is 11.9. The number of hydrogen-bond donors (Lipinski definition) is 1. The number of nitrogens with zero attached hydrogens (tertiary/aromatic N) is 1. The summed E-state index contributed by atoms with van der Waals surface area (Å²) in [6.45, 7) is 3.28. The number of carbonyl (C=O) groups is 2. The number of aromatic nitrogens is 1. The fourth-order valence-corrected chi connectivity index (χ4v) is 2.66. The van der Waals surface area contributed by atoms with Crippen molar-refractivity contribution in [1.82, 2.24) is 9.88 Å². The number of esters is 1. The molecule has 0 bridgehead atoms. The summed E-state index contributed by atoms with van der Waals surface area (Å²) in [5.41, 5.74) is 3.02. The average Bonchev–Trinajstić information content (AvgIpc) is 2.99. The Morgan fingerprint density at radius 3 is 2.64 bits per heavy atom. The molecule has 0 aliphatic carbocycles. The molecule has 0 aliphatic rings. The summed E-state index contributed by atoms with van der Waals surface area (Å²) in [5, 5.41) is 0. The van der Waals surface area contributed by atoms with Crippen molar-refractivity contribution in [2.45, 2.75) is 19.9 Å². The molecule has 0 saturated carbocycles.